The summed E-state index contributed by atoms with van der Waals surface area (Å²) in [5.41, 5.74) is 2.84. The van der Waals surface area contributed by atoms with Gasteiger partial charge < -0.3 is 0 Å². The Hall–Kier alpha value is -0.600. The summed E-state index contributed by atoms with van der Waals surface area (Å²) in [6.45, 7) is 2.22. The topological polar surface area (TPSA) is 0 Å². The van der Waals surface area contributed by atoms with E-state index in [1.165, 1.54) is 33.3 Å². The lowest BCUT2D eigenvalue weighted by molar-refractivity contribution is 0.920. The summed E-state index contributed by atoms with van der Waals surface area (Å²) in [5, 5.41) is 2.28. The maximum absolute atomic E-state index is 3.72. The van der Waals surface area contributed by atoms with Crippen molar-refractivity contribution in [2.24, 2.45) is 0 Å². The molecule has 2 rings (SSSR count). The highest BCUT2D eigenvalue weighted by Gasteiger charge is 2.08. The van der Waals surface area contributed by atoms with Crippen molar-refractivity contribution < 1.29 is 0 Å². The molecule has 0 nitrogen and oxygen atoms in total. The van der Waals surface area contributed by atoms with E-state index in [9.17, 15) is 0 Å². The van der Waals surface area contributed by atoms with Gasteiger partial charge in [0, 0.05) is 15.8 Å². The van der Waals surface area contributed by atoms with Gasteiger partial charge in [-0.05, 0) is 38.9 Å². The first-order chi connectivity index (χ1) is 7.81. The van der Waals surface area contributed by atoms with Gasteiger partial charge in [-0.2, -0.15) is 0 Å². The summed E-state index contributed by atoms with van der Waals surface area (Å²) in [6, 6.07) is 10.6. The molecule has 1 aromatic heterocycles. The average Bonchev–Trinajstić information content (AvgIpc) is 2.64. The Bertz CT molecular complexity index is 445. The van der Waals surface area contributed by atoms with Gasteiger partial charge in [0.05, 0.1) is 0 Å². The van der Waals surface area contributed by atoms with Crippen LogP contribution in [0.5, 0.6) is 0 Å². The molecule has 0 aliphatic heterocycles. The summed E-state index contributed by atoms with van der Waals surface area (Å²) < 4.78 is 1.32. The Morgan fingerprint density at radius 3 is 2.62 bits per heavy atom. The van der Waals surface area contributed by atoms with Crippen molar-refractivity contribution in [2.75, 3.05) is 0 Å². The molecule has 2 aromatic rings. The van der Waals surface area contributed by atoms with Gasteiger partial charge in [-0.3, -0.25) is 0 Å². The van der Waals surface area contributed by atoms with Crippen LogP contribution in [0.2, 0.25) is 0 Å². The van der Waals surface area contributed by atoms with E-state index in [-0.39, 0.29) is 0 Å². The zero-order valence-electron chi connectivity index (χ0n) is 9.37. The van der Waals surface area contributed by atoms with Crippen LogP contribution in [0, 0.1) is 0 Å². The second-order valence-corrected chi connectivity index (χ2v) is 5.67. The van der Waals surface area contributed by atoms with Gasteiger partial charge in [0.1, 0.15) is 0 Å². The third-order valence-corrected chi connectivity index (χ3v) is 4.88. The Labute approximate surface area is 109 Å². The van der Waals surface area contributed by atoms with Gasteiger partial charge >= 0.3 is 0 Å². The van der Waals surface area contributed by atoms with Gasteiger partial charge in [-0.15, -0.1) is 11.3 Å². The molecule has 0 unspecified atom stereocenters. The van der Waals surface area contributed by atoms with Crippen LogP contribution in [-0.4, -0.2) is 0 Å². The molecular weight excluding hydrogens is 280 g/mol. The third kappa shape index (κ3) is 2.74. The maximum atomic E-state index is 3.72. The van der Waals surface area contributed by atoms with Gasteiger partial charge in [-0.25, -0.2) is 0 Å². The molecule has 84 valence electrons. The third-order valence-electron chi connectivity index (χ3n) is 2.60. The van der Waals surface area contributed by atoms with Crippen molar-refractivity contribution in [3.63, 3.8) is 0 Å². The molecule has 1 heterocycles. The molecule has 0 saturated carbocycles. The standard InChI is InChI=1S/C14H15BrS/c1-2-6-12-10-16-13(14(12)15)9-11-7-4-3-5-8-11/h3-5,7-8,10H,2,6,9H2,1H3. The molecule has 0 aliphatic rings. The molecule has 0 N–H and O–H groups in total. The van der Waals surface area contributed by atoms with E-state index >= 15 is 0 Å². The van der Waals surface area contributed by atoms with Crippen LogP contribution in [-0.2, 0) is 12.8 Å². The number of benzene rings is 1. The maximum Gasteiger partial charge on any atom is 0.0349 e. The molecule has 0 spiro atoms. The number of thiophene rings is 1. The first-order valence-electron chi connectivity index (χ1n) is 5.60. The lowest BCUT2D eigenvalue weighted by Gasteiger charge is -2.00. The van der Waals surface area contributed by atoms with Crippen LogP contribution in [0.1, 0.15) is 29.3 Å². The number of aryl methyl sites for hydroxylation is 1. The second kappa shape index (κ2) is 5.65. The zero-order valence-corrected chi connectivity index (χ0v) is 11.8. The second-order valence-electron chi connectivity index (χ2n) is 3.91. The van der Waals surface area contributed by atoms with E-state index in [0.29, 0.717) is 0 Å². The van der Waals surface area contributed by atoms with Crippen molar-refractivity contribution in [2.45, 2.75) is 26.2 Å². The smallest absolute Gasteiger partial charge is 0.0349 e. The van der Waals surface area contributed by atoms with Crippen LogP contribution in [0.25, 0.3) is 0 Å². The average molecular weight is 295 g/mol. The van der Waals surface area contributed by atoms with Crippen LogP contribution >= 0.6 is 27.3 Å². The van der Waals surface area contributed by atoms with E-state index in [2.05, 4.69) is 58.6 Å². The zero-order chi connectivity index (χ0) is 11.4. The lowest BCUT2D eigenvalue weighted by Crippen LogP contribution is -1.86. The Morgan fingerprint density at radius 1 is 1.19 bits per heavy atom. The fraction of sp³-hybridized carbons (Fsp3) is 0.286. The highest BCUT2D eigenvalue weighted by molar-refractivity contribution is 9.10. The normalized spacial score (nSPS) is 10.6. The van der Waals surface area contributed by atoms with Crippen molar-refractivity contribution in [1.82, 2.24) is 0 Å². The molecule has 0 fully saturated rings. The molecule has 16 heavy (non-hydrogen) atoms. The molecule has 0 aliphatic carbocycles. The molecule has 0 atom stereocenters. The Kier molecular flexibility index (Phi) is 4.19. The number of hydrogen-bond acceptors (Lipinski definition) is 1. The minimum absolute atomic E-state index is 1.04. The predicted octanol–water partition coefficient (Wildman–Crippen LogP) is 5.05. The van der Waals surface area contributed by atoms with Gasteiger partial charge in [0.25, 0.3) is 0 Å². The monoisotopic (exact) mass is 294 g/mol. The highest BCUT2D eigenvalue weighted by Crippen LogP contribution is 2.31. The highest BCUT2D eigenvalue weighted by atomic mass is 79.9. The molecule has 0 bridgehead atoms. The van der Waals surface area contributed by atoms with Gasteiger partial charge in [0.15, 0.2) is 0 Å². The molecule has 0 amide bonds. The summed E-state index contributed by atoms with van der Waals surface area (Å²) in [7, 11) is 0. The van der Waals surface area contributed by atoms with Crippen LogP contribution in [0.15, 0.2) is 40.2 Å². The van der Waals surface area contributed by atoms with Crippen molar-refractivity contribution >= 4 is 27.3 Å². The van der Waals surface area contributed by atoms with E-state index < -0.39 is 0 Å². The largest absolute Gasteiger partial charge is 0.147 e. The summed E-state index contributed by atoms with van der Waals surface area (Å²) >= 11 is 5.58. The molecule has 1 aromatic carbocycles. The number of halogens is 1. The minimum Gasteiger partial charge on any atom is -0.147 e. The lowest BCUT2D eigenvalue weighted by atomic mass is 10.1. The quantitative estimate of drug-likeness (QED) is 0.740. The fourth-order valence-electron chi connectivity index (χ4n) is 1.76. The first-order valence-corrected chi connectivity index (χ1v) is 7.27. The molecule has 0 saturated heterocycles. The summed E-state index contributed by atoms with van der Waals surface area (Å²) in [4.78, 5) is 1.44. The fourth-order valence-corrected chi connectivity index (χ4v) is 3.65. The van der Waals surface area contributed by atoms with Crippen LogP contribution in [0.3, 0.4) is 0 Å². The molecular formula is C14H15BrS. The summed E-state index contributed by atoms with van der Waals surface area (Å²) in [6.07, 6.45) is 3.42. The Balaban J connectivity index is 2.16. The van der Waals surface area contributed by atoms with E-state index in [1.54, 1.807) is 0 Å². The van der Waals surface area contributed by atoms with Crippen molar-refractivity contribution in [3.8, 4) is 0 Å². The molecule has 2 heteroatoms. The van der Waals surface area contributed by atoms with Crippen molar-refractivity contribution in [1.29, 1.82) is 0 Å². The van der Waals surface area contributed by atoms with E-state index in [0.717, 1.165) is 6.42 Å². The SMILES string of the molecule is CCCc1csc(Cc2ccccc2)c1Br. The van der Waals surface area contributed by atoms with Gasteiger partial charge in [-0.1, -0.05) is 43.7 Å². The van der Waals surface area contributed by atoms with Gasteiger partial charge in [0.2, 0.25) is 0 Å². The first kappa shape index (κ1) is 11.9. The summed E-state index contributed by atoms with van der Waals surface area (Å²) in [5.74, 6) is 0. The van der Waals surface area contributed by atoms with E-state index in [1.807, 2.05) is 11.3 Å². The van der Waals surface area contributed by atoms with Crippen molar-refractivity contribution in [3.05, 3.63) is 56.2 Å². The minimum atomic E-state index is 1.04. The van der Waals surface area contributed by atoms with Crippen LogP contribution in [0.4, 0.5) is 0 Å². The van der Waals surface area contributed by atoms with Crippen LogP contribution < -0.4 is 0 Å². The number of hydrogen-bond donors (Lipinski definition) is 0. The number of rotatable bonds is 4. The van der Waals surface area contributed by atoms with E-state index in [4.69, 9.17) is 0 Å². The predicted molar refractivity (Wildman–Crippen MR) is 75.3 cm³/mol. The molecule has 0 radical (unpaired) electrons. The Morgan fingerprint density at radius 2 is 1.94 bits per heavy atom.